The van der Waals surface area contributed by atoms with Crippen molar-refractivity contribution in [3.63, 3.8) is 0 Å². The van der Waals surface area contributed by atoms with Crippen LogP contribution in [0.15, 0.2) is 59.5 Å². The molecule has 0 saturated heterocycles. The molecule has 0 bridgehead atoms. The Morgan fingerprint density at radius 2 is 1.82 bits per heavy atom. The van der Waals surface area contributed by atoms with Crippen LogP contribution in [0.25, 0.3) is 0 Å². The third-order valence-corrected chi connectivity index (χ3v) is 6.08. The largest absolute Gasteiger partial charge is 0.481 e. The summed E-state index contributed by atoms with van der Waals surface area (Å²) in [6, 6.07) is 16.3. The molecule has 1 unspecified atom stereocenters. The molecule has 6 nitrogen and oxygen atoms in total. The van der Waals surface area contributed by atoms with E-state index in [9.17, 15) is 19.5 Å². The van der Waals surface area contributed by atoms with Gasteiger partial charge >= 0.3 is 5.97 Å². The second-order valence-electron chi connectivity index (χ2n) is 6.62. The first-order chi connectivity index (χ1) is 13.5. The van der Waals surface area contributed by atoms with E-state index in [2.05, 4.69) is 5.32 Å². The van der Waals surface area contributed by atoms with Crippen molar-refractivity contribution in [2.75, 3.05) is 23.7 Å². The molecule has 3 rings (SSSR count). The van der Waals surface area contributed by atoms with Gasteiger partial charge in [-0.3, -0.25) is 14.4 Å². The number of carboxylic acid groups (broad SMARTS) is 1. The van der Waals surface area contributed by atoms with Gasteiger partial charge in [0.1, 0.15) is 12.0 Å². The molecule has 0 fully saturated rings. The van der Waals surface area contributed by atoms with Crippen LogP contribution in [0.3, 0.4) is 0 Å². The number of hydrogen-bond donors (Lipinski definition) is 2. The van der Waals surface area contributed by atoms with Crippen molar-refractivity contribution in [2.45, 2.75) is 23.7 Å². The Hall–Kier alpha value is -2.80. The smallest absolute Gasteiger partial charge is 0.315 e. The van der Waals surface area contributed by atoms with Gasteiger partial charge in [-0.15, -0.1) is 11.8 Å². The number of fused-ring (bicyclic) bond motifs is 1. The molecule has 0 aromatic heterocycles. The normalized spacial score (nSPS) is 15.5. The van der Waals surface area contributed by atoms with Crippen LogP contribution in [0.2, 0.25) is 0 Å². The zero-order valence-electron chi connectivity index (χ0n) is 15.6. The number of nitrogens with zero attached hydrogens (tertiary/aromatic N) is 1. The average molecular weight is 398 g/mol. The summed E-state index contributed by atoms with van der Waals surface area (Å²) in [7, 11) is 0. The van der Waals surface area contributed by atoms with Gasteiger partial charge in [0, 0.05) is 11.4 Å². The molecular formula is C21H22N2O4S. The Morgan fingerprint density at radius 3 is 2.50 bits per heavy atom. The molecule has 0 radical (unpaired) electrons. The Labute approximate surface area is 167 Å². The van der Waals surface area contributed by atoms with E-state index in [-0.39, 0.29) is 30.7 Å². The minimum Gasteiger partial charge on any atom is -0.481 e. The van der Waals surface area contributed by atoms with Gasteiger partial charge < -0.3 is 15.3 Å². The lowest BCUT2D eigenvalue weighted by Gasteiger charge is -2.31. The molecule has 1 aliphatic heterocycles. The van der Waals surface area contributed by atoms with Gasteiger partial charge in [-0.1, -0.05) is 49.4 Å². The maximum absolute atomic E-state index is 12.6. The minimum atomic E-state index is -1.21. The van der Waals surface area contributed by atoms with E-state index in [1.807, 2.05) is 30.3 Å². The van der Waals surface area contributed by atoms with Crippen molar-refractivity contribution < 1.29 is 19.5 Å². The van der Waals surface area contributed by atoms with Gasteiger partial charge in [-0.05, 0) is 24.1 Å². The van der Waals surface area contributed by atoms with Crippen LogP contribution in [0.1, 0.15) is 18.9 Å². The molecule has 146 valence electrons. The lowest BCUT2D eigenvalue weighted by atomic mass is 9.78. The van der Waals surface area contributed by atoms with Crippen LogP contribution >= 0.6 is 11.8 Å². The molecule has 2 amide bonds. The summed E-state index contributed by atoms with van der Waals surface area (Å²) in [5, 5.41) is 12.6. The van der Waals surface area contributed by atoms with Crippen molar-refractivity contribution in [1.29, 1.82) is 0 Å². The second kappa shape index (κ2) is 8.48. The molecule has 7 heteroatoms. The fourth-order valence-electron chi connectivity index (χ4n) is 3.31. The van der Waals surface area contributed by atoms with E-state index >= 15 is 0 Å². The Morgan fingerprint density at radius 1 is 1.14 bits per heavy atom. The maximum atomic E-state index is 12.6. The van der Waals surface area contributed by atoms with Gasteiger partial charge in [0.05, 0.1) is 11.4 Å². The van der Waals surface area contributed by atoms with E-state index in [0.717, 1.165) is 4.90 Å². The summed E-state index contributed by atoms with van der Waals surface area (Å²) in [6.45, 7) is 1.61. The number of carbonyl (C=O) groups excluding carboxylic acids is 2. The monoisotopic (exact) mass is 398 g/mol. The highest BCUT2D eigenvalue weighted by molar-refractivity contribution is 8.00. The molecule has 0 aliphatic carbocycles. The van der Waals surface area contributed by atoms with Crippen LogP contribution in [0, 0.1) is 0 Å². The third kappa shape index (κ3) is 3.89. The Bertz CT molecular complexity index is 887. The topological polar surface area (TPSA) is 86.7 Å². The van der Waals surface area contributed by atoms with Gasteiger partial charge in [0.2, 0.25) is 11.8 Å². The highest BCUT2D eigenvalue weighted by atomic mass is 32.2. The number of aliphatic carboxylic acids is 1. The fourth-order valence-corrected chi connectivity index (χ4v) is 4.25. The van der Waals surface area contributed by atoms with Gasteiger partial charge in [-0.25, -0.2) is 0 Å². The Balaban J connectivity index is 1.74. The number of benzene rings is 2. The summed E-state index contributed by atoms with van der Waals surface area (Å²) >= 11 is 1.45. The van der Waals surface area contributed by atoms with Crippen LogP contribution in [0.4, 0.5) is 5.69 Å². The molecule has 1 aliphatic rings. The number of carbonyl (C=O) groups is 3. The van der Waals surface area contributed by atoms with Gasteiger partial charge in [0.25, 0.3) is 0 Å². The number of rotatable bonds is 7. The fraction of sp³-hybridized carbons (Fsp3) is 0.286. The number of amides is 2. The highest BCUT2D eigenvalue weighted by Crippen LogP contribution is 2.34. The average Bonchev–Trinajstić information content (AvgIpc) is 2.71. The lowest BCUT2D eigenvalue weighted by Crippen LogP contribution is -2.49. The number of anilines is 1. The predicted octanol–water partition coefficient (Wildman–Crippen LogP) is 2.67. The number of nitrogens with one attached hydrogen (secondary N) is 1. The summed E-state index contributed by atoms with van der Waals surface area (Å²) in [6.07, 6.45) is 0.328. The molecule has 0 spiro atoms. The molecular weight excluding hydrogens is 376 g/mol. The van der Waals surface area contributed by atoms with Crippen LogP contribution in [0.5, 0.6) is 0 Å². The number of carboxylic acids is 1. The first kappa shape index (κ1) is 19.9. The third-order valence-electron chi connectivity index (χ3n) is 5.04. The SMILES string of the molecule is CCC(CNC(=O)CN1C(=O)CSc2ccccc21)(C(=O)O)c1ccccc1. The van der Waals surface area contributed by atoms with Crippen LogP contribution < -0.4 is 10.2 Å². The van der Waals surface area contributed by atoms with Crippen LogP contribution in [-0.4, -0.2) is 41.7 Å². The van der Waals surface area contributed by atoms with Crippen molar-refractivity contribution in [1.82, 2.24) is 5.32 Å². The number of para-hydroxylation sites is 1. The first-order valence-electron chi connectivity index (χ1n) is 9.06. The standard InChI is InChI=1S/C21H22N2O4S/c1-2-21(20(26)27,15-8-4-3-5-9-15)14-22-18(24)12-23-16-10-6-7-11-17(16)28-13-19(23)25/h3-11H,2,12-14H2,1H3,(H,22,24)(H,26,27). The summed E-state index contributed by atoms with van der Waals surface area (Å²) in [5.41, 5.74) is 0.138. The highest BCUT2D eigenvalue weighted by Gasteiger charge is 2.39. The van der Waals surface area contributed by atoms with E-state index in [4.69, 9.17) is 0 Å². The number of thioether (sulfide) groups is 1. The van der Waals surface area contributed by atoms with Gasteiger partial charge in [-0.2, -0.15) is 0 Å². The zero-order valence-corrected chi connectivity index (χ0v) is 16.4. The number of hydrogen-bond acceptors (Lipinski definition) is 4. The second-order valence-corrected chi connectivity index (χ2v) is 7.64. The zero-order chi connectivity index (χ0) is 20.1. The molecule has 2 aromatic carbocycles. The molecule has 2 N–H and O–H groups in total. The van der Waals surface area contributed by atoms with Crippen molar-refractivity contribution in [3.05, 3.63) is 60.2 Å². The minimum absolute atomic E-state index is 0.0416. The van der Waals surface area contributed by atoms with E-state index in [0.29, 0.717) is 17.7 Å². The van der Waals surface area contributed by atoms with E-state index in [1.54, 1.807) is 31.2 Å². The van der Waals surface area contributed by atoms with Crippen molar-refractivity contribution in [2.24, 2.45) is 0 Å². The van der Waals surface area contributed by atoms with E-state index < -0.39 is 11.4 Å². The maximum Gasteiger partial charge on any atom is 0.315 e. The molecule has 1 atom stereocenters. The molecule has 2 aromatic rings. The molecule has 1 heterocycles. The van der Waals surface area contributed by atoms with Crippen LogP contribution in [-0.2, 0) is 19.8 Å². The molecule has 28 heavy (non-hydrogen) atoms. The van der Waals surface area contributed by atoms with Crippen molar-refractivity contribution in [3.8, 4) is 0 Å². The lowest BCUT2D eigenvalue weighted by molar-refractivity contribution is -0.144. The quantitative estimate of drug-likeness (QED) is 0.749. The molecule has 0 saturated carbocycles. The van der Waals surface area contributed by atoms with Crippen molar-refractivity contribution >= 4 is 35.2 Å². The Kier molecular flexibility index (Phi) is 6.04. The summed E-state index contributed by atoms with van der Waals surface area (Å²) < 4.78 is 0. The summed E-state index contributed by atoms with van der Waals surface area (Å²) in [4.78, 5) is 39.3. The summed E-state index contributed by atoms with van der Waals surface area (Å²) in [5.74, 6) is -1.23. The van der Waals surface area contributed by atoms with Gasteiger partial charge in [0.15, 0.2) is 0 Å². The predicted molar refractivity (Wildman–Crippen MR) is 109 cm³/mol. The van der Waals surface area contributed by atoms with E-state index in [1.165, 1.54) is 16.7 Å². The first-order valence-corrected chi connectivity index (χ1v) is 10.0.